The Bertz CT molecular complexity index is 333. The number of nitrogens with one attached hydrogen (secondary N) is 1. The summed E-state index contributed by atoms with van der Waals surface area (Å²) in [4.78, 5) is 17.0. The standard InChI is InChI=1S/C16H29N3O/c1-13-6-10-18(11-7-13)16(20)12-19-9-3-5-15(19)14-4-2-8-17-14/h13-15,17H,2-12H2,1H3. The van der Waals surface area contributed by atoms with Gasteiger partial charge in [-0.25, -0.2) is 0 Å². The number of carbonyl (C=O) groups is 1. The van der Waals surface area contributed by atoms with Gasteiger partial charge >= 0.3 is 0 Å². The summed E-state index contributed by atoms with van der Waals surface area (Å²) in [5.41, 5.74) is 0. The van der Waals surface area contributed by atoms with Gasteiger partial charge in [0.2, 0.25) is 5.91 Å². The van der Waals surface area contributed by atoms with Crippen molar-refractivity contribution in [1.29, 1.82) is 0 Å². The second-order valence-electron chi connectivity index (χ2n) is 6.95. The molecule has 3 aliphatic heterocycles. The van der Waals surface area contributed by atoms with E-state index in [9.17, 15) is 4.79 Å². The number of amides is 1. The Labute approximate surface area is 122 Å². The van der Waals surface area contributed by atoms with E-state index >= 15 is 0 Å². The summed E-state index contributed by atoms with van der Waals surface area (Å²) in [6, 6.07) is 1.23. The van der Waals surface area contributed by atoms with Gasteiger partial charge in [0.05, 0.1) is 6.54 Å². The third kappa shape index (κ3) is 3.17. The van der Waals surface area contributed by atoms with Crippen LogP contribution in [0.4, 0.5) is 0 Å². The fourth-order valence-corrected chi connectivity index (χ4v) is 4.08. The first kappa shape index (κ1) is 14.3. The smallest absolute Gasteiger partial charge is 0.236 e. The topological polar surface area (TPSA) is 35.6 Å². The van der Waals surface area contributed by atoms with Gasteiger partial charge in [-0.2, -0.15) is 0 Å². The molecule has 4 heteroatoms. The molecule has 3 saturated heterocycles. The number of likely N-dealkylation sites (tertiary alicyclic amines) is 2. The molecule has 114 valence electrons. The Morgan fingerprint density at radius 3 is 2.60 bits per heavy atom. The van der Waals surface area contributed by atoms with Crippen LogP contribution in [-0.4, -0.2) is 60.5 Å². The van der Waals surface area contributed by atoms with Crippen molar-refractivity contribution in [2.24, 2.45) is 5.92 Å². The molecule has 0 bridgehead atoms. The summed E-state index contributed by atoms with van der Waals surface area (Å²) >= 11 is 0. The van der Waals surface area contributed by atoms with Crippen molar-refractivity contribution in [2.75, 3.05) is 32.7 Å². The first-order valence-corrected chi connectivity index (χ1v) is 8.49. The molecule has 3 fully saturated rings. The SMILES string of the molecule is CC1CCN(C(=O)CN2CCCC2C2CCCN2)CC1. The van der Waals surface area contributed by atoms with Crippen molar-refractivity contribution in [3.63, 3.8) is 0 Å². The maximum absolute atomic E-state index is 12.5. The van der Waals surface area contributed by atoms with E-state index in [0.29, 0.717) is 24.5 Å². The van der Waals surface area contributed by atoms with Gasteiger partial charge < -0.3 is 10.2 Å². The van der Waals surface area contributed by atoms with E-state index in [1.807, 2.05) is 0 Å². The largest absolute Gasteiger partial charge is 0.342 e. The van der Waals surface area contributed by atoms with E-state index in [1.54, 1.807) is 0 Å². The van der Waals surface area contributed by atoms with Gasteiger partial charge in [-0.1, -0.05) is 6.92 Å². The van der Waals surface area contributed by atoms with Gasteiger partial charge in [-0.05, 0) is 57.5 Å². The molecule has 3 heterocycles. The van der Waals surface area contributed by atoms with Crippen LogP contribution in [0.5, 0.6) is 0 Å². The number of carbonyl (C=O) groups excluding carboxylic acids is 1. The number of nitrogens with zero attached hydrogens (tertiary/aromatic N) is 2. The molecule has 20 heavy (non-hydrogen) atoms. The van der Waals surface area contributed by atoms with Gasteiger partial charge in [-0.3, -0.25) is 9.69 Å². The molecule has 3 aliphatic rings. The number of piperidine rings is 1. The molecule has 0 saturated carbocycles. The normalized spacial score (nSPS) is 33.0. The lowest BCUT2D eigenvalue weighted by molar-refractivity contribution is -0.134. The lowest BCUT2D eigenvalue weighted by Gasteiger charge is -2.34. The zero-order valence-electron chi connectivity index (χ0n) is 12.8. The monoisotopic (exact) mass is 279 g/mol. The Balaban J connectivity index is 1.52. The molecule has 3 rings (SSSR count). The zero-order chi connectivity index (χ0) is 13.9. The maximum atomic E-state index is 12.5. The summed E-state index contributed by atoms with van der Waals surface area (Å²) in [7, 11) is 0. The highest BCUT2D eigenvalue weighted by Crippen LogP contribution is 2.25. The molecule has 1 amide bonds. The third-order valence-electron chi connectivity index (χ3n) is 5.45. The molecular weight excluding hydrogens is 250 g/mol. The molecule has 0 aromatic rings. The molecule has 1 N–H and O–H groups in total. The minimum absolute atomic E-state index is 0.363. The van der Waals surface area contributed by atoms with Crippen molar-refractivity contribution >= 4 is 5.91 Å². The molecule has 0 radical (unpaired) electrons. The average Bonchev–Trinajstić information content (AvgIpc) is 3.09. The van der Waals surface area contributed by atoms with Crippen molar-refractivity contribution in [1.82, 2.24) is 15.1 Å². The van der Waals surface area contributed by atoms with Crippen molar-refractivity contribution < 1.29 is 4.79 Å². The highest BCUT2D eigenvalue weighted by atomic mass is 16.2. The molecule has 0 aliphatic carbocycles. The first-order chi connectivity index (χ1) is 9.74. The second-order valence-corrected chi connectivity index (χ2v) is 6.95. The van der Waals surface area contributed by atoms with Crippen LogP contribution in [0.15, 0.2) is 0 Å². The van der Waals surface area contributed by atoms with Crippen LogP contribution in [0.3, 0.4) is 0 Å². The van der Waals surface area contributed by atoms with E-state index < -0.39 is 0 Å². The van der Waals surface area contributed by atoms with Crippen LogP contribution >= 0.6 is 0 Å². The van der Waals surface area contributed by atoms with Gasteiger partial charge in [0.25, 0.3) is 0 Å². The van der Waals surface area contributed by atoms with Crippen LogP contribution < -0.4 is 5.32 Å². The van der Waals surface area contributed by atoms with E-state index in [1.165, 1.54) is 38.5 Å². The van der Waals surface area contributed by atoms with E-state index in [2.05, 4.69) is 22.0 Å². The quantitative estimate of drug-likeness (QED) is 0.849. The Morgan fingerprint density at radius 1 is 1.10 bits per heavy atom. The average molecular weight is 279 g/mol. The minimum Gasteiger partial charge on any atom is -0.342 e. The van der Waals surface area contributed by atoms with E-state index in [0.717, 1.165) is 32.1 Å². The third-order valence-corrected chi connectivity index (χ3v) is 5.45. The molecule has 0 spiro atoms. The summed E-state index contributed by atoms with van der Waals surface area (Å²) in [6.07, 6.45) is 7.47. The summed E-state index contributed by atoms with van der Waals surface area (Å²) in [5, 5.41) is 3.62. The minimum atomic E-state index is 0.363. The van der Waals surface area contributed by atoms with Crippen LogP contribution in [0.2, 0.25) is 0 Å². The fourth-order valence-electron chi connectivity index (χ4n) is 4.08. The fraction of sp³-hybridized carbons (Fsp3) is 0.938. The zero-order valence-corrected chi connectivity index (χ0v) is 12.8. The molecule has 0 aromatic carbocycles. The Hall–Kier alpha value is -0.610. The summed E-state index contributed by atoms with van der Waals surface area (Å²) < 4.78 is 0. The van der Waals surface area contributed by atoms with Crippen molar-refractivity contribution in [3.8, 4) is 0 Å². The van der Waals surface area contributed by atoms with Crippen LogP contribution in [0.25, 0.3) is 0 Å². The second kappa shape index (κ2) is 6.44. The number of hydrogen-bond acceptors (Lipinski definition) is 3. The summed E-state index contributed by atoms with van der Waals surface area (Å²) in [5.74, 6) is 1.16. The maximum Gasteiger partial charge on any atom is 0.236 e. The van der Waals surface area contributed by atoms with Crippen LogP contribution in [0.1, 0.15) is 45.4 Å². The highest BCUT2D eigenvalue weighted by Gasteiger charge is 2.34. The number of hydrogen-bond donors (Lipinski definition) is 1. The van der Waals surface area contributed by atoms with Crippen LogP contribution in [0, 0.1) is 5.92 Å². The molecule has 0 aromatic heterocycles. The van der Waals surface area contributed by atoms with Gasteiger partial charge in [0.15, 0.2) is 0 Å². The Morgan fingerprint density at radius 2 is 1.90 bits per heavy atom. The summed E-state index contributed by atoms with van der Waals surface area (Å²) in [6.45, 7) is 7.16. The molecular formula is C16H29N3O. The highest BCUT2D eigenvalue weighted by molar-refractivity contribution is 5.78. The lowest BCUT2D eigenvalue weighted by atomic mass is 9.99. The van der Waals surface area contributed by atoms with E-state index in [4.69, 9.17) is 0 Å². The molecule has 4 nitrogen and oxygen atoms in total. The molecule has 2 atom stereocenters. The lowest BCUT2D eigenvalue weighted by Crippen LogP contribution is -2.49. The van der Waals surface area contributed by atoms with Gasteiger partial charge in [0.1, 0.15) is 0 Å². The molecule has 2 unspecified atom stereocenters. The van der Waals surface area contributed by atoms with E-state index in [-0.39, 0.29) is 0 Å². The van der Waals surface area contributed by atoms with Crippen molar-refractivity contribution in [3.05, 3.63) is 0 Å². The van der Waals surface area contributed by atoms with Gasteiger partial charge in [0, 0.05) is 25.2 Å². The van der Waals surface area contributed by atoms with Gasteiger partial charge in [-0.15, -0.1) is 0 Å². The first-order valence-electron chi connectivity index (χ1n) is 8.49. The predicted molar refractivity (Wildman–Crippen MR) is 80.6 cm³/mol. The van der Waals surface area contributed by atoms with Crippen LogP contribution in [-0.2, 0) is 4.79 Å². The van der Waals surface area contributed by atoms with Crippen molar-refractivity contribution in [2.45, 2.75) is 57.5 Å². The predicted octanol–water partition coefficient (Wildman–Crippen LogP) is 1.46. The number of rotatable bonds is 3. The Kier molecular flexibility index (Phi) is 4.61.